The summed E-state index contributed by atoms with van der Waals surface area (Å²) in [6.07, 6.45) is 3.57. The number of piperidine rings is 1. The largest absolute Gasteiger partial charge is 0.368 e. The number of ether oxygens (including phenoxy) is 1. The van der Waals surface area contributed by atoms with Gasteiger partial charge in [-0.3, -0.25) is 9.59 Å². The van der Waals surface area contributed by atoms with Crippen LogP contribution in [-0.4, -0.2) is 60.5 Å². The molecule has 160 valence electrons. The maximum absolute atomic E-state index is 14.3. The Bertz CT molecular complexity index is 729. The molecule has 0 radical (unpaired) electrons. The zero-order chi connectivity index (χ0) is 21.0. The predicted octanol–water partition coefficient (Wildman–Crippen LogP) is 3.16. The third-order valence-corrected chi connectivity index (χ3v) is 6.24. The molecule has 0 N–H and O–H groups in total. The molecule has 0 spiro atoms. The summed E-state index contributed by atoms with van der Waals surface area (Å²) in [6, 6.07) is 3.40. The van der Waals surface area contributed by atoms with Gasteiger partial charge in [0.2, 0.25) is 5.91 Å². The lowest BCUT2D eigenvalue weighted by molar-refractivity contribution is -0.143. The minimum absolute atomic E-state index is 0.00428. The van der Waals surface area contributed by atoms with Crippen molar-refractivity contribution in [3.63, 3.8) is 0 Å². The molecule has 3 rings (SSSR count). The zero-order valence-electron chi connectivity index (χ0n) is 17.2. The Hall–Kier alpha value is -2.02. The predicted molar refractivity (Wildman–Crippen MR) is 105 cm³/mol. The van der Waals surface area contributed by atoms with Crippen molar-refractivity contribution in [1.29, 1.82) is 0 Å². The minimum atomic E-state index is -0.609. The number of rotatable bonds is 6. The molecule has 0 bridgehead atoms. The van der Waals surface area contributed by atoms with Crippen molar-refractivity contribution in [3.8, 4) is 0 Å². The van der Waals surface area contributed by atoms with Crippen molar-refractivity contribution >= 4 is 11.8 Å². The molecule has 2 amide bonds. The van der Waals surface area contributed by atoms with Crippen molar-refractivity contribution in [1.82, 2.24) is 9.80 Å². The average molecular weight is 408 g/mol. The Morgan fingerprint density at radius 3 is 2.55 bits per heavy atom. The number of carbonyl (C=O) groups is 2. The number of halogens is 2. The van der Waals surface area contributed by atoms with Gasteiger partial charge in [0, 0.05) is 45.3 Å². The highest BCUT2D eigenvalue weighted by Gasteiger charge is 2.35. The summed E-state index contributed by atoms with van der Waals surface area (Å²) in [5.41, 5.74) is 0.407. The smallest absolute Gasteiger partial charge is 0.251 e. The number of hydrogen-bond donors (Lipinski definition) is 0. The lowest BCUT2D eigenvalue weighted by Crippen LogP contribution is -2.50. The van der Waals surface area contributed by atoms with Crippen LogP contribution in [0.4, 0.5) is 8.78 Å². The van der Waals surface area contributed by atoms with Gasteiger partial charge in [0.1, 0.15) is 17.7 Å². The molecule has 2 atom stereocenters. The van der Waals surface area contributed by atoms with Crippen LogP contribution in [0.2, 0.25) is 0 Å². The van der Waals surface area contributed by atoms with Crippen molar-refractivity contribution < 1.29 is 23.1 Å². The number of hydrogen-bond acceptors (Lipinski definition) is 3. The molecule has 2 saturated heterocycles. The van der Waals surface area contributed by atoms with Crippen LogP contribution in [0, 0.1) is 17.6 Å². The van der Waals surface area contributed by atoms with E-state index in [1.54, 1.807) is 18.9 Å². The van der Waals surface area contributed by atoms with Gasteiger partial charge in [-0.25, -0.2) is 8.78 Å². The van der Waals surface area contributed by atoms with Crippen LogP contribution in [0.1, 0.15) is 44.6 Å². The molecule has 0 aliphatic carbocycles. The summed E-state index contributed by atoms with van der Waals surface area (Å²) in [5.74, 6) is -0.996. The SMILES string of the molecule is CCC(=O)N(C)C(Cc1ccc(F)cc1F)C1CCN(C(=O)C2CCCO2)CC1. The first-order valence-electron chi connectivity index (χ1n) is 10.5. The van der Waals surface area contributed by atoms with E-state index in [1.807, 2.05) is 4.90 Å². The Morgan fingerprint density at radius 1 is 1.24 bits per heavy atom. The van der Waals surface area contributed by atoms with Crippen molar-refractivity contribution in [3.05, 3.63) is 35.4 Å². The Balaban J connectivity index is 1.69. The molecular formula is C22H30F2N2O3. The zero-order valence-corrected chi connectivity index (χ0v) is 17.2. The molecule has 2 heterocycles. The monoisotopic (exact) mass is 408 g/mol. The van der Waals surface area contributed by atoms with Crippen LogP contribution in [0.5, 0.6) is 0 Å². The summed E-state index contributed by atoms with van der Waals surface area (Å²) in [7, 11) is 1.75. The van der Waals surface area contributed by atoms with E-state index in [9.17, 15) is 18.4 Å². The molecule has 0 aromatic heterocycles. The van der Waals surface area contributed by atoms with E-state index in [4.69, 9.17) is 4.74 Å². The standard InChI is InChI=1S/C22H30F2N2O3/c1-3-21(27)25(2)19(13-16-6-7-17(23)14-18(16)24)15-8-10-26(11-9-15)22(28)20-5-4-12-29-20/h6-7,14-15,19-20H,3-5,8-13H2,1-2H3. The number of likely N-dealkylation sites (tertiary alicyclic amines) is 1. The van der Waals surface area contributed by atoms with Crippen LogP contribution >= 0.6 is 0 Å². The Morgan fingerprint density at radius 2 is 1.97 bits per heavy atom. The van der Waals surface area contributed by atoms with Crippen molar-refractivity contribution in [2.24, 2.45) is 5.92 Å². The second-order valence-corrected chi connectivity index (χ2v) is 8.03. The fourth-order valence-electron chi connectivity index (χ4n) is 4.45. The molecule has 29 heavy (non-hydrogen) atoms. The molecule has 2 aliphatic rings. The average Bonchev–Trinajstić information content (AvgIpc) is 3.27. The highest BCUT2D eigenvalue weighted by molar-refractivity contribution is 5.81. The van der Waals surface area contributed by atoms with Gasteiger partial charge in [0.25, 0.3) is 5.91 Å². The van der Waals surface area contributed by atoms with Gasteiger partial charge < -0.3 is 14.5 Å². The van der Waals surface area contributed by atoms with E-state index in [2.05, 4.69) is 0 Å². The quantitative estimate of drug-likeness (QED) is 0.727. The second kappa shape index (κ2) is 9.65. The van der Waals surface area contributed by atoms with Gasteiger partial charge in [0.15, 0.2) is 0 Å². The van der Waals surface area contributed by atoms with Crippen LogP contribution in [0.25, 0.3) is 0 Å². The summed E-state index contributed by atoms with van der Waals surface area (Å²) < 4.78 is 33.0. The van der Waals surface area contributed by atoms with Gasteiger partial charge in [-0.1, -0.05) is 13.0 Å². The Labute approximate surface area is 171 Å². The molecule has 1 aromatic rings. The highest BCUT2D eigenvalue weighted by atomic mass is 19.1. The first-order valence-corrected chi connectivity index (χ1v) is 10.5. The van der Waals surface area contributed by atoms with E-state index < -0.39 is 11.6 Å². The fourth-order valence-corrected chi connectivity index (χ4v) is 4.45. The highest BCUT2D eigenvalue weighted by Crippen LogP contribution is 2.29. The third-order valence-electron chi connectivity index (χ3n) is 6.24. The fraction of sp³-hybridized carbons (Fsp3) is 0.636. The number of nitrogens with zero attached hydrogens (tertiary/aromatic N) is 2. The first kappa shape index (κ1) is 21.7. The molecular weight excluding hydrogens is 378 g/mol. The first-order chi connectivity index (χ1) is 13.9. The van der Waals surface area contributed by atoms with Gasteiger partial charge >= 0.3 is 0 Å². The van der Waals surface area contributed by atoms with Crippen LogP contribution in [-0.2, 0) is 20.7 Å². The molecule has 0 saturated carbocycles. The third kappa shape index (κ3) is 5.13. The molecule has 1 aromatic carbocycles. The summed E-state index contributed by atoms with van der Waals surface area (Å²) in [6.45, 7) is 3.67. The molecule has 2 fully saturated rings. The number of benzene rings is 1. The van der Waals surface area contributed by atoms with Crippen molar-refractivity contribution in [2.75, 3.05) is 26.7 Å². The van der Waals surface area contributed by atoms with Gasteiger partial charge in [-0.2, -0.15) is 0 Å². The lowest BCUT2D eigenvalue weighted by atomic mass is 9.84. The van der Waals surface area contributed by atoms with Crippen LogP contribution < -0.4 is 0 Å². The van der Waals surface area contributed by atoms with E-state index in [0.29, 0.717) is 38.1 Å². The molecule has 2 aliphatic heterocycles. The summed E-state index contributed by atoms with van der Waals surface area (Å²) in [4.78, 5) is 28.5. The second-order valence-electron chi connectivity index (χ2n) is 8.03. The Kier molecular flexibility index (Phi) is 7.22. The van der Waals surface area contributed by atoms with Gasteiger partial charge in [-0.15, -0.1) is 0 Å². The van der Waals surface area contributed by atoms with E-state index in [0.717, 1.165) is 31.7 Å². The summed E-state index contributed by atoms with van der Waals surface area (Å²) in [5, 5.41) is 0. The van der Waals surface area contributed by atoms with Gasteiger partial charge in [-0.05, 0) is 49.7 Å². The number of carbonyl (C=O) groups excluding carboxylic acids is 2. The summed E-state index contributed by atoms with van der Waals surface area (Å²) >= 11 is 0. The molecule has 7 heteroatoms. The number of amides is 2. The van der Waals surface area contributed by atoms with E-state index >= 15 is 0 Å². The lowest BCUT2D eigenvalue weighted by Gasteiger charge is -2.40. The van der Waals surface area contributed by atoms with Crippen LogP contribution in [0.3, 0.4) is 0 Å². The maximum atomic E-state index is 14.3. The molecule has 2 unspecified atom stereocenters. The van der Waals surface area contributed by atoms with Crippen molar-refractivity contribution in [2.45, 2.75) is 57.6 Å². The van der Waals surface area contributed by atoms with E-state index in [-0.39, 0.29) is 29.9 Å². The minimum Gasteiger partial charge on any atom is -0.368 e. The maximum Gasteiger partial charge on any atom is 0.251 e. The van der Waals surface area contributed by atoms with E-state index in [1.165, 1.54) is 12.1 Å². The topological polar surface area (TPSA) is 49.9 Å². The van der Waals surface area contributed by atoms with Gasteiger partial charge in [0.05, 0.1) is 0 Å². The van der Waals surface area contributed by atoms with Crippen LogP contribution in [0.15, 0.2) is 18.2 Å². The number of likely N-dealkylation sites (N-methyl/N-ethyl adjacent to an activating group) is 1. The molecule has 5 nitrogen and oxygen atoms in total. The normalized spacial score (nSPS) is 21.2.